The quantitative estimate of drug-likeness (QED) is 0.183. The zero-order chi connectivity index (χ0) is 34.7. The highest BCUT2D eigenvalue weighted by Crippen LogP contribution is 2.51. The van der Waals surface area contributed by atoms with Crippen molar-refractivity contribution in [3.63, 3.8) is 0 Å². The molecule has 5 aromatic carbocycles. The molecule has 51 heavy (non-hydrogen) atoms. The van der Waals surface area contributed by atoms with Crippen LogP contribution in [0.3, 0.4) is 0 Å². The minimum atomic E-state index is -0.0823. The van der Waals surface area contributed by atoms with E-state index >= 15 is 0 Å². The molecule has 0 fully saturated rings. The van der Waals surface area contributed by atoms with E-state index in [-0.39, 0.29) is 22.8 Å². The van der Waals surface area contributed by atoms with Crippen molar-refractivity contribution in [2.45, 2.75) is 63.8 Å². The van der Waals surface area contributed by atoms with Crippen LogP contribution in [0.1, 0.15) is 85.5 Å². The Morgan fingerprint density at radius 3 is 2.10 bits per heavy atom. The molecule has 2 unspecified atom stereocenters. The van der Waals surface area contributed by atoms with Crippen LogP contribution in [0, 0.1) is 5.92 Å². The molecule has 2 aliphatic carbocycles. The Morgan fingerprint density at radius 1 is 0.627 bits per heavy atom. The van der Waals surface area contributed by atoms with Gasteiger partial charge >= 0.3 is 0 Å². The number of dihydropyridines is 1. The monoisotopic (exact) mass is 660 g/mol. The lowest BCUT2D eigenvalue weighted by Gasteiger charge is -2.27. The van der Waals surface area contributed by atoms with E-state index in [0.717, 1.165) is 30.8 Å². The molecule has 0 radical (unpaired) electrons. The first-order valence-corrected chi connectivity index (χ1v) is 18.5. The molecule has 2 aliphatic heterocycles. The second kappa shape index (κ2) is 12.2. The Bertz CT molecular complexity index is 2330. The summed E-state index contributed by atoms with van der Waals surface area (Å²) in [5, 5.41) is 0. The number of nitrogens with zero attached hydrogens (tertiary/aromatic N) is 2. The predicted octanol–water partition coefficient (Wildman–Crippen LogP) is 12.0. The lowest BCUT2D eigenvalue weighted by molar-refractivity contribution is 0.530. The molecule has 9 rings (SSSR count). The lowest BCUT2D eigenvalue weighted by Crippen LogP contribution is -2.20. The van der Waals surface area contributed by atoms with Crippen molar-refractivity contribution in [2.75, 3.05) is 0 Å². The number of aliphatic imine (C=N–C) groups is 2. The van der Waals surface area contributed by atoms with Gasteiger partial charge in [0.2, 0.25) is 0 Å². The highest BCUT2D eigenvalue weighted by Gasteiger charge is 2.37. The molecule has 2 nitrogen and oxygen atoms in total. The van der Waals surface area contributed by atoms with Crippen LogP contribution in [0.4, 0.5) is 0 Å². The smallest absolute Gasteiger partial charge is 0.131 e. The van der Waals surface area contributed by atoms with Crippen LogP contribution in [-0.4, -0.2) is 11.5 Å². The fourth-order valence-corrected chi connectivity index (χ4v) is 8.69. The summed E-state index contributed by atoms with van der Waals surface area (Å²) in [5.74, 6) is 1.22. The molecule has 5 aromatic rings. The minimum Gasteiger partial charge on any atom is -0.262 e. The Morgan fingerprint density at radius 2 is 1.31 bits per heavy atom. The van der Waals surface area contributed by atoms with Crippen molar-refractivity contribution in [3.05, 3.63) is 185 Å². The van der Waals surface area contributed by atoms with Gasteiger partial charge in [-0.25, -0.2) is 4.99 Å². The summed E-state index contributed by atoms with van der Waals surface area (Å²) in [6.07, 6.45) is 14.4. The average Bonchev–Trinajstić information content (AvgIpc) is 3.70. The Balaban J connectivity index is 0.990. The van der Waals surface area contributed by atoms with E-state index in [1.165, 1.54) is 66.8 Å². The van der Waals surface area contributed by atoms with Gasteiger partial charge in [-0.3, -0.25) is 4.99 Å². The molecule has 0 saturated carbocycles. The topological polar surface area (TPSA) is 24.7 Å². The number of allylic oxidation sites excluding steroid dienone is 5. The molecular formula is C49H44N2. The molecule has 0 N–H and O–H groups in total. The van der Waals surface area contributed by atoms with Crippen molar-refractivity contribution < 1.29 is 0 Å². The van der Waals surface area contributed by atoms with E-state index < -0.39 is 0 Å². The SMILES string of the molecule is CC1(C)C/C=C(c2ccccc2)\C=C/Cc2ccc(C3=NC4=NC(c5ccc6c(c5)C(C)(C)c5cc(-c7ccccc7)ccc5-6)CC4C=C3)cc21. The van der Waals surface area contributed by atoms with E-state index in [9.17, 15) is 0 Å². The van der Waals surface area contributed by atoms with Crippen LogP contribution in [-0.2, 0) is 17.3 Å². The van der Waals surface area contributed by atoms with Crippen LogP contribution >= 0.6 is 0 Å². The average molecular weight is 661 g/mol. The first-order valence-electron chi connectivity index (χ1n) is 18.5. The molecule has 250 valence electrons. The van der Waals surface area contributed by atoms with Gasteiger partial charge in [0.15, 0.2) is 0 Å². The van der Waals surface area contributed by atoms with E-state index in [1.54, 1.807) is 0 Å². The van der Waals surface area contributed by atoms with Crippen molar-refractivity contribution in [2.24, 2.45) is 15.9 Å². The number of hydrogen-bond acceptors (Lipinski definition) is 2. The van der Waals surface area contributed by atoms with Gasteiger partial charge in [0, 0.05) is 16.9 Å². The molecule has 4 aliphatic rings. The van der Waals surface area contributed by atoms with E-state index in [0.29, 0.717) is 0 Å². The van der Waals surface area contributed by atoms with Gasteiger partial charge in [0.05, 0.1) is 11.8 Å². The summed E-state index contributed by atoms with van der Waals surface area (Å²) in [4.78, 5) is 10.5. The minimum absolute atomic E-state index is 0.0149. The second-order valence-electron chi connectivity index (χ2n) is 15.8. The summed E-state index contributed by atoms with van der Waals surface area (Å²) in [6.45, 7) is 9.49. The molecule has 0 spiro atoms. The normalized spacial score (nSPS) is 22.5. The summed E-state index contributed by atoms with van der Waals surface area (Å²) < 4.78 is 0. The lowest BCUT2D eigenvalue weighted by atomic mass is 9.77. The van der Waals surface area contributed by atoms with Gasteiger partial charge in [-0.05, 0) is 104 Å². The Hall–Kier alpha value is -5.34. The fraction of sp³-hybridized carbons (Fsp3) is 0.224. The van der Waals surface area contributed by atoms with Gasteiger partial charge in [-0.2, -0.15) is 0 Å². The van der Waals surface area contributed by atoms with Gasteiger partial charge in [0.25, 0.3) is 0 Å². The maximum absolute atomic E-state index is 5.29. The molecule has 0 amide bonds. The molecule has 0 bridgehead atoms. The summed E-state index contributed by atoms with van der Waals surface area (Å²) in [7, 11) is 0. The van der Waals surface area contributed by atoms with Crippen molar-refractivity contribution >= 4 is 17.1 Å². The fourth-order valence-electron chi connectivity index (χ4n) is 8.69. The number of rotatable bonds is 4. The highest BCUT2D eigenvalue weighted by molar-refractivity contribution is 6.16. The van der Waals surface area contributed by atoms with Crippen molar-refractivity contribution in [1.29, 1.82) is 0 Å². The summed E-state index contributed by atoms with van der Waals surface area (Å²) in [6, 6.07) is 42.6. The summed E-state index contributed by atoms with van der Waals surface area (Å²) in [5.41, 5.74) is 16.8. The molecule has 2 atom stereocenters. The molecule has 0 saturated heterocycles. The molecule has 0 aromatic heterocycles. The molecule has 2 heterocycles. The van der Waals surface area contributed by atoms with Gasteiger partial charge < -0.3 is 0 Å². The molecular weight excluding hydrogens is 617 g/mol. The summed E-state index contributed by atoms with van der Waals surface area (Å²) >= 11 is 0. The molecule has 2 heteroatoms. The largest absolute Gasteiger partial charge is 0.262 e. The third-order valence-electron chi connectivity index (χ3n) is 11.7. The Kier molecular flexibility index (Phi) is 7.54. The van der Waals surface area contributed by atoms with Crippen LogP contribution < -0.4 is 0 Å². The van der Waals surface area contributed by atoms with Crippen LogP contribution in [0.5, 0.6) is 0 Å². The van der Waals surface area contributed by atoms with Gasteiger partial charge in [-0.15, -0.1) is 0 Å². The van der Waals surface area contributed by atoms with E-state index in [4.69, 9.17) is 9.98 Å². The van der Waals surface area contributed by atoms with Crippen LogP contribution in [0.15, 0.2) is 156 Å². The van der Waals surface area contributed by atoms with Crippen molar-refractivity contribution in [3.8, 4) is 22.3 Å². The number of benzene rings is 5. The third-order valence-corrected chi connectivity index (χ3v) is 11.7. The van der Waals surface area contributed by atoms with Crippen molar-refractivity contribution in [1.82, 2.24) is 0 Å². The third kappa shape index (κ3) is 5.58. The van der Waals surface area contributed by atoms with Gasteiger partial charge in [0.1, 0.15) is 5.84 Å². The van der Waals surface area contributed by atoms with E-state index in [1.807, 2.05) is 0 Å². The second-order valence-corrected chi connectivity index (χ2v) is 15.8. The zero-order valence-corrected chi connectivity index (χ0v) is 30.0. The highest BCUT2D eigenvalue weighted by atomic mass is 15.0. The predicted molar refractivity (Wildman–Crippen MR) is 215 cm³/mol. The number of hydrogen-bond donors (Lipinski definition) is 0. The number of amidine groups is 1. The zero-order valence-electron chi connectivity index (χ0n) is 30.0. The Labute approximate surface area is 302 Å². The first kappa shape index (κ1) is 31.6. The maximum Gasteiger partial charge on any atom is 0.131 e. The first-order chi connectivity index (χ1) is 24.7. The standard InChI is InChI=1S/C49H44N2/c1-48(2)27-26-34(32-12-7-5-8-13-32)16-11-17-35-18-19-37(29-42(35)48)45-25-22-39-31-46(51-47(39)50-45)38-21-24-41-40-23-20-36(33-14-9-6-10-15-33)28-43(40)49(3,4)44(41)30-38/h5-16,18-26,28-30,39,46H,17,27,31H2,1-4H3/b16-11-,34-26+. The maximum atomic E-state index is 5.29. The van der Waals surface area contributed by atoms with Crippen LogP contribution in [0.2, 0.25) is 0 Å². The van der Waals surface area contributed by atoms with Gasteiger partial charge in [-0.1, -0.05) is 155 Å². The van der Waals surface area contributed by atoms with E-state index in [2.05, 4.69) is 173 Å². The number of fused-ring (bicyclic) bond motifs is 5. The van der Waals surface area contributed by atoms with Crippen LogP contribution in [0.25, 0.3) is 27.8 Å².